The molecule has 226 valence electrons. The Hall–Kier alpha value is -0.440. The van der Waals surface area contributed by atoms with Gasteiger partial charge in [0.2, 0.25) is 0 Å². The van der Waals surface area contributed by atoms with Gasteiger partial charge in [0.25, 0.3) is 0 Å². The summed E-state index contributed by atoms with van der Waals surface area (Å²) in [5.41, 5.74) is 0. The summed E-state index contributed by atoms with van der Waals surface area (Å²) in [6, 6.07) is 0. The van der Waals surface area contributed by atoms with Gasteiger partial charge in [-0.15, -0.1) is 0 Å². The number of ether oxygens (including phenoxy) is 5. The van der Waals surface area contributed by atoms with Crippen LogP contribution >= 0.6 is 0 Å². The Balaban J connectivity index is 0. The van der Waals surface area contributed by atoms with Crippen LogP contribution in [-0.4, -0.2) is 123 Å². The van der Waals surface area contributed by atoms with Crippen molar-refractivity contribution in [2.75, 3.05) is 13.2 Å². The molecule has 2 aliphatic rings. The van der Waals surface area contributed by atoms with E-state index in [4.69, 9.17) is 23.7 Å². The molecule has 0 aromatic rings. The number of aliphatic hydroxyl groups is 6. The molecule has 11 heteroatoms. The highest BCUT2D eigenvalue weighted by molar-refractivity contribution is 4.93. The molecule has 0 amide bonds. The normalized spacial score (nSPS) is 36.2. The summed E-state index contributed by atoms with van der Waals surface area (Å²) >= 11 is 0. The van der Waals surface area contributed by atoms with Crippen LogP contribution in [0.4, 0.5) is 0 Å². The van der Waals surface area contributed by atoms with Gasteiger partial charge in [0.15, 0.2) is 6.29 Å². The van der Waals surface area contributed by atoms with E-state index < -0.39 is 61.2 Å². The van der Waals surface area contributed by atoms with E-state index >= 15 is 0 Å². The molecule has 2 rings (SSSR count). The van der Waals surface area contributed by atoms with Crippen molar-refractivity contribution in [2.45, 2.75) is 150 Å². The molecule has 2 saturated heterocycles. The predicted octanol–water partition coefficient (Wildman–Crippen LogP) is 0.834. The summed E-state index contributed by atoms with van der Waals surface area (Å²) in [6.45, 7) is 15.3. The van der Waals surface area contributed by atoms with Gasteiger partial charge in [0, 0.05) is 0 Å². The number of hydrogen-bond donors (Lipinski definition) is 6. The summed E-state index contributed by atoms with van der Waals surface area (Å²) in [7, 11) is 0. The maximum Gasteiger partial charge on any atom is 0.186 e. The van der Waals surface area contributed by atoms with Crippen molar-refractivity contribution in [2.24, 2.45) is 5.92 Å². The molecule has 11 nitrogen and oxygen atoms in total. The van der Waals surface area contributed by atoms with Crippen molar-refractivity contribution in [3.63, 3.8) is 0 Å². The third-order valence-electron chi connectivity index (χ3n) is 5.67. The lowest BCUT2D eigenvalue weighted by molar-refractivity contribution is -0.311. The van der Waals surface area contributed by atoms with E-state index in [0.717, 1.165) is 0 Å². The zero-order valence-electron chi connectivity index (χ0n) is 22.2. The van der Waals surface area contributed by atoms with Gasteiger partial charge in [0.1, 0.15) is 48.8 Å². The molecular formula is C26H56O11. The molecule has 6 N–H and O–H groups in total. The quantitative estimate of drug-likeness (QED) is 0.243. The minimum atomic E-state index is -1.30. The van der Waals surface area contributed by atoms with Crippen molar-refractivity contribution >= 4 is 0 Å². The maximum atomic E-state index is 9.81. The number of hydrogen-bond acceptors (Lipinski definition) is 11. The number of rotatable bonds is 9. The minimum absolute atomic E-state index is 0. The molecule has 0 aliphatic carbocycles. The average molecular weight is 545 g/mol. The van der Waals surface area contributed by atoms with Gasteiger partial charge in [-0.05, 0) is 47.5 Å². The predicted molar refractivity (Wildman–Crippen MR) is 140 cm³/mol. The fraction of sp³-hybridized carbons (Fsp3) is 1.00. The average Bonchev–Trinajstić information content (AvgIpc) is 2.76. The molecule has 2 heterocycles. The summed E-state index contributed by atoms with van der Waals surface area (Å²) in [4.78, 5) is 0. The van der Waals surface area contributed by atoms with E-state index in [2.05, 4.69) is 0 Å². The smallest absolute Gasteiger partial charge is 0.186 e. The first-order valence-corrected chi connectivity index (χ1v) is 12.4. The second-order valence-corrected chi connectivity index (χ2v) is 10.3. The topological polar surface area (TPSA) is 168 Å². The summed E-state index contributed by atoms with van der Waals surface area (Å²) in [5, 5.41) is 58.7. The van der Waals surface area contributed by atoms with Crippen LogP contribution in [0.3, 0.4) is 0 Å². The lowest BCUT2D eigenvalue weighted by atomic mass is 9.89. The molecule has 0 saturated carbocycles. The van der Waals surface area contributed by atoms with Crippen molar-refractivity contribution < 1.29 is 54.3 Å². The molecule has 37 heavy (non-hydrogen) atoms. The van der Waals surface area contributed by atoms with E-state index in [1.54, 1.807) is 13.8 Å². The zero-order valence-corrected chi connectivity index (χ0v) is 22.2. The van der Waals surface area contributed by atoms with Gasteiger partial charge in [-0.1, -0.05) is 28.7 Å². The molecular weight excluding hydrogens is 488 g/mol. The van der Waals surface area contributed by atoms with E-state index in [1.807, 2.05) is 41.5 Å². The van der Waals surface area contributed by atoms with Crippen LogP contribution in [0.2, 0.25) is 0 Å². The molecule has 10 atom stereocenters. The van der Waals surface area contributed by atoms with Gasteiger partial charge in [0.05, 0.1) is 37.6 Å². The second-order valence-electron chi connectivity index (χ2n) is 10.3. The standard InChI is InChI=1S/C12H24O6.C12H24O5.2CH4/c1-6(2)16-5-8-9(13)10(14)11(15)12(18-8)17-7(3)4;1-6(2)12-11(15)10(14)9(13)8(17-12)5-16-7(3)4;;/h6-15H,5H2,1-4H3;6-15H,5H2,1-4H3;2*1H4/t2*8-,9-,10+,11-,12?;;/m11../s1. The van der Waals surface area contributed by atoms with Crippen molar-refractivity contribution in [3.05, 3.63) is 0 Å². The third kappa shape index (κ3) is 12.1. The largest absolute Gasteiger partial charge is 0.388 e. The molecule has 2 fully saturated rings. The van der Waals surface area contributed by atoms with E-state index in [1.165, 1.54) is 0 Å². The fourth-order valence-corrected chi connectivity index (χ4v) is 3.68. The lowest BCUT2D eigenvalue weighted by Gasteiger charge is -2.42. The van der Waals surface area contributed by atoms with Crippen molar-refractivity contribution in [1.82, 2.24) is 0 Å². The Morgan fingerprint density at radius 2 is 0.946 bits per heavy atom. The van der Waals surface area contributed by atoms with Gasteiger partial charge in [-0.25, -0.2) is 0 Å². The number of aliphatic hydroxyl groups excluding tert-OH is 6. The van der Waals surface area contributed by atoms with Crippen molar-refractivity contribution in [3.8, 4) is 0 Å². The first-order valence-electron chi connectivity index (χ1n) is 12.4. The Labute approximate surface area is 223 Å². The fourth-order valence-electron chi connectivity index (χ4n) is 3.68. The molecule has 2 unspecified atom stereocenters. The highest BCUT2D eigenvalue weighted by Gasteiger charge is 2.45. The van der Waals surface area contributed by atoms with E-state index in [0.29, 0.717) is 0 Å². The minimum Gasteiger partial charge on any atom is -0.388 e. The molecule has 0 aromatic heterocycles. The molecule has 0 bridgehead atoms. The van der Waals surface area contributed by atoms with Crippen molar-refractivity contribution in [1.29, 1.82) is 0 Å². The van der Waals surface area contributed by atoms with Gasteiger partial charge in [-0.2, -0.15) is 0 Å². The van der Waals surface area contributed by atoms with Crippen LogP contribution in [0.1, 0.15) is 70.2 Å². The third-order valence-corrected chi connectivity index (χ3v) is 5.67. The monoisotopic (exact) mass is 544 g/mol. The van der Waals surface area contributed by atoms with E-state index in [9.17, 15) is 30.6 Å². The Morgan fingerprint density at radius 3 is 1.32 bits per heavy atom. The Kier molecular flexibility index (Phi) is 18.8. The first kappa shape index (κ1) is 38.7. The first-order chi connectivity index (χ1) is 16.2. The summed E-state index contributed by atoms with van der Waals surface area (Å²) < 4.78 is 27.1. The van der Waals surface area contributed by atoms with Gasteiger partial charge in [-0.3, -0.25) is 0 Å². The van der Waals surface area contributed by atoms with Crippen LogP contribution in [-0.2, 0) is 23.7 Å². The SMILES string of the molecule is C.C.CC(C)OC[C@H]1OC(C(C)C)[C@H](O)[C@@H](O)[C@@H]1O.CC(C)OC[C@H]1OC(OC(C)C)[C@H](O)[C@@H](O)[C@@H]1O. The molecule has 0 radical (unpaired) electrons. The lowest BCUT2D eigenvalue weighted by Crippen LogP contribution is -2.60. The molecule has 0 aromatic carbocycles. The second kappa shape index (κ2) is 18.0. The van der Waals surface area contributed by atoms with Crippen LogP contribution < -0.4 is 0 Å². The van der Waals surface area contributed by atoms with Gasteiger partial charge < -0.3 is 54.3 Å². The maximum absolute atomic E-state index is 9.81. The summed E-state index contributed by atoms with van der Waals surface area (Å²) in [5.74, 6) is 0.0636. The van der Waals surface area contributed by atoms with E-state index in [-0.39, 0.29) is 52.3 Å². The zero-order chi connectivity index (χ0) is 27.0. The van der Waals surface area contributed by atoms with Gasteiger partial charge >= 0.3 is 0 Å². The Bertz CT molecular complexity index is 573. The highest BCUT2D eigenvalue weighted by Crippen LogP contribution is 2.26. The summed E-state index contributed by atoms with van der Waals surface area (Å²) in [6.07, 6.45) is -9.97. The highest BCUT2D eigenvalue weighted by atomic mass is 16.7. The van der Waals surface area contributed by atoms with Crippen LogP contribution in [0.5, 0.6) is 0 Å². The van der Waals surface area contributed by atoms with Crippen LogP contribution in [0.15, 0.2) is 0 Å². The van der Waals surface area contributed by atoms with Crippen LogP contribution in [0, 0.1) is 5.92 Å². The Morgan fingerprint density at radius 1 is 0.541 bits per heavy atom. The van der Waals surface area contributed by atoms with Crippen LogP contribution in [0.25, 0.3) is 0 Å². The molecule has 0 spiro atoms. The molecule has 2 aliphatic heterocycles.